The van der Waals surface area contributed by atoms with Crippen LogP contribution in [0.25, 0.3) is 0 Å². The van der Waals surface area contributed by atoms with Crippen LogP contribution in [0.5, 0.6) is 5.75 Å². The molecule has 2 rings (SSSR count). The molecule has 3 N–H and O–H groups in total. The Morgan fingerprint density at radius 1 is 1.21 bits per heavy atom. The maximum atomic E-state index is 12.2. The average Bonchev–Trinajstić information content (AvgIpc) is 2.54. The fourth-order valence-electron chi connectivity index (χ4n) is 2.08. The van der Waals surface area contributed by atoms with E-state index < -0.39 is 18.2 Å². The van der Waals surface area contributed by atoms with Gasteiger partial charge in [-0.1, -0.05) is 36.4 Å². The number of anilines is 1. The van der Waals surface area contributed by atoms with Crippen molar-refractivity contribution in [1.29, 1.82) is 0 Å². The van der Waals surface area contributed by atoms with Crippen molar-refractivity contribution in [2.24, 2.45) is 0 Å². The number of rotatable bonds is 6. The summed E-state index contributed by atoms with van der Waals surface area (Å²) in [5.41, 5.74) is -0.276. The first kappa shape index (κ1) is 17.7. The molecule has 0 bridgehead atoms. The molecule has 0 heterocycles. The van der Waals surface area contributed by atoms with Gasteiger partial charge >= 0.3 is 12.6 Å². The normalized spacial score (nSPS) is 13.2. The summed E-state index contributed by atoms with van der Waals surface area (Å²) in [7, 11) is 0. The number of amides is 2. The van der Waals surface area contributed by atoms with Crippen LogP contribution in [0.2, 0.25) is 0 Å². The molecule has 0 aliphatic rings. The van der Waals surface area contributed by atoms with Crippen molar-refractivity contribution in [3.05, 3.63) is 60.2 Å². The maximum absolute atomic E-state index is 12.2. The molecule has 2 amide bonds. The molecule has 0 radical (unpaired) electrons. The third-order valence-corrected chi connectivity index (χ3v) is 3.31. The first-order chi connectivity index (χ1) is 11.4. The lowest BCUT2D eigenvalue weighted by Gasteiger charge is -2.24. The lowest BCUT2D eigenvalue weighted by atomic mass is 9.96. The number of benzene rings is 2. The minimum absolute atomic E-state index is 0.0178. The topological polar surface area (TPSA) is 70.6 Å². The van der Waals surface area contributed by atoms with Gasteiger partial charge in [0.25, 0.3) is 0 Å². The van der Waals surface area contributed by atoms with Gasteiger partial charge in [0.15, 0.2) is 0 Å². The van der Waals surface area contributed by atoms with E-state index in [2.05, 4.69) is 15.4 Å². The molecule has 1 unspecified atom stereocenters. The molecule has 0 saturated heterocycles. The van der Waals surface area contributed by atoms with Gasteiger partial charge in [-0.15, -0.1) is 0 Å². The number of nitrogens with one attached hydrogen (secondary N) is 2. The van der Waals surface area contributed by atoms with Gasteiger partial charge in [0, 0.05) is 11.8 Å². The SMILES string of the molecule is CC(O)(CNC(=O)Nc1cccc(OC(F)F)c1)c1ccccc1. The number of ether oxygens (including phenoxy) is 1. The van der Waals surface area contributed by atoms with Crippen molar-refractivity contribution in [3.8, 4) is 5.75 Å². The van der Waals surface area contributed by atoms with Crippen LogP contribution >= 0.6 is 0 Å². The van der Waals surface area contributed by atoms with Crippen LogP contribution in [-0.4, -0.2) is 24.3 Å². The second-order valence-corrected chi connectivity index (χ2v) is 5.35. The highest BCUT2D eigenvalue weighted by Crippen LogP contribution is 2.20. The van der Waals surface area contributed by atoms with E-state index in [4.69, 9.17) is 0 Å². The largest absolute Gasteiger partial charge is 0.435 e. The van der Waals surface area contributed by atoms with E-state index in [1.54, 1.807) is 31.2 Å². The Kier molecular flexibility index (Phi) is 5.70. The molecule has 0 aromatic heterocycles. The van der Waals surface area contributed by atoms with Crippen molar-refractivity contribution in [3.63, 3.8) is 0 Å². The lowest BCUT2D eigenvalue weighted by Crippen LogP contribution is -2.40. The molecule has 0 saturated carbocycles. The van der Waals surface area contributed by atoms with E-state index in [0.717, 1.165) is 0 Å². The summed E-state index contributed by atoms with van der Waals surface area (Å²) in [6.07, 6.45) is 0. The van der Waals surface area contributed by atoms with E-state index in [9.17, 15) is 18.7 Å². The van der Waals surface area contributed by atoms with Crippen molar-refractivity contribution in [2.45, 2.75) is 19.1 Å². The Labute approximate surface area is 138 Å². The van der Waals surface area contributed by atoms with Crippen molar-refractivity contribution in [1.82, 2.24) is 5.32 Å². The fourth-order valence-corrected chi connectivity index (χ4v) is 2.08. The Balaban J connectivity index is 1.92. The zero-order chi connectivity index (χ0) is 17.6. The van der Waals surface area contributed by atoms with Crippen molar-refractivity contribution < 1.29 is 23.4 Å². The number of carbonyl (C=O) groups excluding carboxylic acids is 1. The molecule has 24 heavy (non-hydrogen) atoms. The van der Waals surface area contributed by atoms with Crippen LogP contribution in [0.15, 0.2) is 54.6 Å². The van der Waals surface area contributed by atoms with Crippen molar-refractivity contribution in [2.75, 3.05) is 11.9 Å². The summed E-state index contributed by atoms with van der Waals surface area (Å²) in [6, 6.07) is 14.0. The number of hydrogen-bond acceptors (Lipinski definition) is 3. The zero-order valence-electron chi connectivity index (χ0n) is 13.0. The summed E-state index contributed by atoms with van der Waals surface area (Å²) in [4.78, 5) is 11.9. The van der Waals surface area contributed by atoms with Crippen LogP contribution in [0.4, 0.5) is 19.3 Å². The van der Waals surface area contributed by atoms with Gasteiger partial charge in [-0.2, -0.15) is 8.78 Å². The molecule has 2 aromatic carbocycles. The van der Waals surface area contributed by atoms with Gasteiger partial charge in [-0.3, -0.25) is 0 Å². The van der Waals surface area contributed by atoms with Crippen LogP contribution < -0.4 is 15.4 Å². The maximum Gasteiger partial charge on any atom is 0.387 e. The van der Waals surface area contributed by atoms with Gasteiger partial charge in [0.1, 0.15) is 11.4 Å². The summed E-state index contributed by atoms with van der Waals surface area (Å²) >= 11 is 0. The average molecular weight is 336 g/mol. The number of aliphatic hydroxyl groups is 1. The molecule has 1 atom stereocenters. The molecule has 0 fully saturated rings. The highest BCUT2D eigenvalue weighted by Gasteiger charge is 2.23. The van der Waals surface area contributed by atoms with Crippen LogP contribution in [0.1, 0.15) is 12.5 Å². The summed E-state index contributed by atoms with van der Waals surface area (Å²) < 4.78 is 28.6. The smallest absolute Gasteiger partial charge is 0.387 e. The molecule has 128 valence electrons. The molecule has 0 aliphatic heterocycles. The summed E-state index contributed by atoms with van der Waals surface area (Å²) in [5, 5.41) is 15.4. The fraction of sp³-hybridized carbons (Fsp3) is 0.235. The Morgan fingerprint density at radius 2 is 1.92 bits per heavy atom. The minimum Gasteiger partial charge on any atom is -0.435 e. The minimum atomic E-state index is -2.94. The van der Waals surface area contributed by atoms with Gasteiger partial charge in [0.2, 0.25) is 0 Å². The third kappa shape index (κ3) is 5.20. The quantitative estimate of drug-likeness (QED) is 0.758. The number of alkyl halides is 2. The van der Waals surface area contributed by atoms with E-state index in [-0.39, 0.29) is 12.3 Å². The Morgan fingerprint density at radius 3 is 2.58 bits per heavy atom. The highest BCUT2D eigenvalue weighted by atomic mass is 19.3. The van der Waals surface area contributed by atoms with Gasteiger partial charge in [-0.05, 0) is 24.6 Å². The van der Waals surface area contributed by atoms with E-state index in [1.807, 2.05) is 6.07 Å². The zero-order valence-corrected chi connectivity index (χ0v) is 13.0. The Hall–Kier alpha value is -2.67. The Bertz CT molecular complexity index is 679. The summed E-state index contributed by atoms with van der Waals surface area (Å²) in [6.45, 7) is -1.37. The van der Waals surface area contributed by atoms with Gasteiger partial charge in [-0.25, -0.2) is 4.79 Å². The second-order valence-electron chi connectivity index (χ2n) is 5.35. The third-order valence-electron chi connectivity index (χ3n) is 3.31. The number of urea groups is 1. The predicted octanol–water partition coefficient (Wildman–Crippen LogP) is 3.32. The van der Waals surface area contributed by atoms with Gasteiger partial charge < -0.3 is 20.5 Å². The molecular formula is C17H18F2N2O3. The first-order valence-corrected chi connectivity index (χ1v) is 7.24. The van der Waals surface area contributed by atoms with Crippen LogP contribution in [0, 0.1) is 0 Å². The van der Waals surface area contributed by atoms with Crippen molar-refractivity contribution >= 4 is 11.7 Å². The lowest BCUT2D eigenvalue weighted by molar-refractivity contribution is -0.0498. The summed E-state index contributed by atoms with van der Waals surface area (Å²) in [5.74, 6) is -0.0564. The molecule has 2 aromatic rings. The second kappa shape index (κ2) is 7.74. The van der Waals surface area contributed by atoms with E-state index in [0.29, 0.717) is 11.3 Å². The van der Waals surface area contributed by atoms with E-state index >= 15 is 0 Å². The number of halogens is 2. The molecular weight excluding hydrogens is 318 g/mol. The molecule has 0 aliphatic carbocycles. The first-order valence-electron chi connectivity index (χ1n) is 7.24. The molecule has 7 heteroatoms. The molecule has 0 spiro atoms. The van der Waals surface area contributed by atoms with E-state index in [1.165, 1.54) is 24.3 Å². The number of carbonyl (C=O) groups is 1. The number of hydrogen-bond donors (Lipinski definition) is 3. The van der Waals surface area contributed by atoms with Gasteiger partial charge in [0.05, 0.1) is 6.54 Å². The van der Waals surface area contributed by atoms with Crippen LogP contribution in [-0.2, 0) is 5.60 Å². The standard InChI is InChI=1S/C17H18F2N2O3/c1-17(23,12-6-3-2-4-7-12)11-20-16(22)21-13-8-5-9-14(10-13)24-15(18)19/h2-10,15,23H,11H2,1H3,(H2,20,21,22). The highest BCUT2D eigenvalue weighted by molar-refractivity contribution is 5.89. The predicted molar refractivity (Wildman–Crippen MR) is 86.1 cm³/mol. The monoisotopic (exact) mass is 336 g/mol. The van der Waals surface area contributed by atoms with Crippen LogP contribution in [0.3, 0.4) is 0 Å². The molecule has 5 nitrogen and oxygen atoms in total.